The van der Waals surface area contributed by atoms with Gasteiger partial charge in [-0.2, -0.15) is 0 Å². The van der Waals surface area contributed by atoms with Gasteiger partial charge in [0.05, 0.1) is 13.1 Å². The number of carbonyl (C=O) groups excluding carboxylic acids is 1. The Kier molecular flexibility index (Phi) is 4.95. The molecule has 0 aromatic carbocycles. The molecule has 1 aliphatic heterocycles. The fraction of sp³-hybridized carbons (Fsp3) is 0.533. The molecule has 1 aliphatic rings. The van der Waals surface area contributed by atoms with Crippen molar-refractivity contribution in [3.05, 3.63) is 28.5 Å². The van der Waals surface area contributed by atoms with Crippen molar-refractivity contribution in [1.29, 1.82) is 0 Å². The molecule has 0 atom stereocenters. The highest BCUT2D eigenvalue weighted by molar-refractivity contribution is 9.10. The molecular formula is C15H19BrN2O5. The molecule has 1 fully saturated rings. The van der Waals surface area contributed by atoms with E-state index in [4.69, 9.17) is 14.6 Å². The number of rotatable bonds is 4. The first-order valence-corrected chi connectivity index (χ1v) is 7.86. The third kappa shape index (κ3) is 4.42. The average Bonchev–Trinajstić information content (AvgIpc) is 2.36. The topological polar surface area (TPSA) is 89.0 Å². The molecule has 2 rings (SSSR count). The predicted octanol–water partition coefficient (Wildman–Crippen LogP) is 2.39. The Morgan fingerprint density at radius 3 is 2.52 bits per heavy atom. The summed E-state index contributed by atoms with van der Waals surface area (Å²) in [6.45, 7) is 5.36. The number of carboxylic acids is 1. The highest BCUT2D eigenvalue weighted by Crippen LogP contribution is 2.36. The molecule has 8 heteroatoms. The van der Waals surface area contributed by atoms with Gasteiger partial charge >= 0.3 is 12.1 Å². The lowest BCUT2D eigenvalue weighted by Gasteiger charge is -2.49. The maximum absolute atomic E-state index is 12.1. The van der Waals surface area contributed by atoms with Crippen LogP contribution in [0, 0.1) is 0 Å². The Hall–Kier alpha value is -1.67. The first kappa shape index (κ1) is 17.7. The quantitative estimate of drug-likeness (QED) is 0.799. The van der Waals surface area contributed by atoms with Crippen LogP contribution >= 0.6 is 15.9 Å². The lowest BCUT2D eigenvalue weighted by Crippen LogP contribution is -2.63. The zero-order valence-electron chi connectivity index (χ0n) is 13.2. The van der Waals surface area contributed by atoms with Crippen molar-refractivity contribution in [2.24, 2.45) is 0 Å². The molecule has 0 radical (unpaired) electrons. The monoisotopic (exact) mass is 386 g/mol. The lowest BCUT2D eigenvalue weighted by molar-refractivity contribution is -0.170. The second kappa shape index (κ2) is 6.45. The van der Waals surface area contributed by atoms with E-state index in [2.05, 4.69) is 20.9 Å². The fourth-order valence-corrected chi connectivity index (χ4v) is 2.46. The van der Waals surface area contributed by atoms with Gasteiger partial charge in [-0.05, 0) is 42.8 Å². The first-order valence-electron chi connectivity index (χ1n) is 7.07. The summed E-state index contributed by atoms with van der Waals surface area (Å²) in [5.41, 5.74) is -0.735. The Labute approximate surface area is 142 Å². The minimum Gasteiger partial charge on any atom is -0.480 e. The lowest BCUT2D eigenvalue weighted by atomic mass is 9.87. The van der Waals surface area contributed by atoms with Crippen molar-refractivity contribution in [3.63, 3.8) is 0 Å². The third-order valence-electron chi connectivity index (χ3n) is 3.27. The van der Waals surface area contributed by atoms with Gasteiger partial charge in [-0.1, -0.05) is 6.07 Å². The van der Waals surface area contributed by atoms with Crippen LogP contribution < -0.4 is 0 Å². The molecule has 2 heterocycles. The van der Waals surface area contributed by atoms with Crippen LogP contribution in [0.1, 0.15) is 26.3 Å². The predicted molar refractivity (Wildman–Crippen MR) is 85.0 cm³/mol. The second-order valence-corrected chi connectivity index (χ2v) is 7.20. The molecule has 0 bridgehead atoms. The van der Waals surface area contributed by atoms with E-state index in [-0.39, 0.29) is 13.1 Å². The van der Waals surface area contributed by atoms with E-state index in [1.54, 1.807) is 39.1 Å². The van der Waals surface area contributed by atoms with Crippen LogP contribution in [0.4, 0.5) is 4.79 Å². The number of hydrogen-bond donors (Lipinski definition) is 1. The van der Waals surface area contributed by atoms with Gasteiger partial charge in [0, 0.05) is 11.8 Å². The summed E-state index contributed by atoms with van der Waals surface area (Å²) >= 11 is 3.25. The number of aromatic nitrogens is 1. The normalized spacial score (nSPS) is 16.6. The summed E-state index contributed by atoms with van der Waals surface area (Å²) in [5, 5.41) is 8.86. The number of carbonyl (C=O) groups is 2. The van der Waals surface area contributed by atoms with Gasteiger partial charge < -0.3 is 19.5 Å². The largest absolute Gasteiger partial charge is 0.480 e. The number of likely N-dealkylation sites (tertiary alicyclic amines) is 1. The Balaban J connectivity index is 2.11. The third-order valence-corrected chi connectivity index (χ3v) is 3.74. The molecule has 1 amide bonds. The summed E-state index contributed by atoms with van der Waals surface area (Å²) in [6, 6.07) is 3.54. The van der Waals surface area contributed by atoms with Crippen LogP contribution in [0.2, 0.25) is 0 Å². The highest BCUT2D eigenvalue weighted by Gasteiger charge is 2.49. The number of aliphatic carboxylic acids is 1. The van der Waals surface area contributed by atoms with Gasteiger partial charge in [0.25, 0.3) is 0 Å². The number of amides is 1. The molecule has 0 unspecified atom stereocenters. The number of ether oxygens (including phenoxy) is 2. The van der Waals surface area contributed by atoms with E-state index < -0.39 is 29.9 Å². The number of pyridine rings is 1. The molecule has 0 saturated carbocycles. The Morgan fingerprint density at radius 1 is 1.39 bits per heavy atom. The molecule has 0 spiro atoms. The maximum Gasteiger partial charge on any atom is 0.410 e. The van der Waals surface area contributed by atoms with E-state index in [9.17, 15) is 9.59 Å². The average molecular weight is 387 g/mol. The van der Waals surface area contributed by atoms with Gasteiger partial charge in [0.2, 0.25) is 0 Å². The van der Waals surface area contributed by atoms with E-state index in [0.29, 0.717) is 4.60 Å². The van der Waals surface area contributed by atoms with Crippen molar-refractivity contribution in [2.75, 3.05) is 19.7 Å². The molecule has 1 N–H and O–H groups in total. The molecule has 126 valence electrons. The molecule has 0 aliphatic carbocycles. The van der Waals surface area contributed by atoms with Crippen molar-refractivity contribution in [3.8, 4) is 0 Å². The van der Waals surface area contributed by atoms with Gasteiger partial charge in [0.1, 0.15) is 22.4 Å². The Bertz CT molecular complexity index is 591. The van der Waals surface area contributed by atoms with E-state index in [1.807, 2.05) is 0 Å². The van der Waals surface area contributed by atoms with E-state index >= 15 is 0 Å². The van der Waals surface area contributed by atoms with Gasteiger partial charge in [0.15, 0.2) is 0 Å². The van der Waals surface area contributed by atoms with Gasteiger partial charge in [-0.3, -0.25) is 0 Å². The number of hydrogen-bond acceptors (Lipinski definition) is 5. The molecule has 23 heavy (non-hydrogen) atoms. The highest BCUT2D eigenvalue weighted by atomic mass is 79.9. The molecule has 7 nitrogen and oxygen atoms in total. The number of carboxylic acid groups (broad SMARTS) is 1. The van der Waals surface area contributed by atoms with E-state index in [1.165, 1.54) is 4.90 Å². The maximum atomic E-state index is 12.1. The van der Waals surface area contributed by atoms with Gasteiger partial charge in [-0.25, -0.2) is 14.6 Å². The summed E-state index contributed by atoms with van der Waals surface area (Å²) in [4.78, 5) is 28.5. The van der Waals surface area contributed by atoms with E-state index in [0.717, 1.165) is 5.56 Å². The molecule has 1 saturated heterocycles. The second-order valence-electron chi connectivity index (χ2n) is 6.38. The summed E-state index contributed by atoms with van der Waals surface area (Å²) in [7, 11) is 0. The van der Waals surface area contributed by atoms with Crippen molar-refractivity contribution in [2.45, 2.75) is 32.0 Å². The van der Waals surface area contributed by atoms with Gasteiger partial charge in [-0.15, -0.1) is 0 Å². The zero-order valence-corrected chi connectivity index (χ0v) is 14.8. The number of nitrogens with zero attached hydrogens (tertiary/aromatic N) is 2. The van der Waals surface area contributed by atoms with Crippen LogP contribution in [0.5, 0.6) is 0 Å². The molecular weight excluding hydrogens is 368 g/mol. The molecule has 1 aromatic heterocycles. The van der Waals surface area contributed by atoms with Crippen LogP contribution in [-0.4, -0.2) is 52.4 Å². The SMILES string of the molecule is CC(C)(C)OC(=O)N1CC(OCC(=O)O)(c2ccc(Br)nc2)C1. The summed E-state index contributed by atoms with van der Waals surface area (Å²) < 4.78 is 11.5. The zero-order chi connectivity index (χ0) is 17.3. The van der Waals surface area contributed by atoms with Crippen LogP contribution in [0.15, 0.2) is 22.9 Å². The summed E-state index contributed by atoms with van der Waals surface area (Å²) in [5.74, 6) is -1.06. The first-order chi connectivity index (χ1) is 10.6. The smallest absolute Gasteiger partial charge is 0.410 e. The standard InChI is InChI=1S/C15H19BrN2O5/c1-14(2,3)23-13(21)18-8-15(9-18,22-7-12(19)20)10-4-5-11(16)17-6-10/h4-6H,7-9H2,1-3H3,(H,19,20). The molecule has 1 aromatic rings. The van der Waals surface area contributed by atoms with Crippen molar-refractivity contribution >= 4 is 28.0 Å². The Morgan fingerprint density at radius 2 is 2.04 bits per heavy atom. The van der Waals surface area contributed by atoms with Crippen molar-refractivity contribution < 1.29 is 24.2 Å². The van der Waals surface area contributed by atoms with Crippen LogP contribution in [-0.2, 0) is 19.9 Å². The number of halogens is 1. The minimum absolute atomic E-state index is 0.221. The fourth-order valence-electron chi connectivity index (χ4n) is 2.23. The van der Waals surface area contributed by atoms with Crippen LogP contribution in [0.25, 0.3) is 0 Å². The summed E-state index contributed by atoms with van der Waals surface area (Å²) in [6.07, 6.45) is 1.16. The van der Waals surface area contributed by atoms with Crippen molar-refractivity contribution in [1.82, 2.24) is 9.88 Å². The van der Waals surface area contributed by atoms with Crippen LogP contribution in [0.3, 0.4) is 0 Å². The minimum atomic E-state index is -1.06.